The molecule has 0 unspecified atom stereocenters. The third-order valence-electron chi connectivity index (χ3n) is 6.71. The summed E-state index contributed by atoms with van der Waals surface area (Å²) in [6, 6.07) is 19.7. The van der Waals surface area contributed by atoms with Gasteiger partial charge < -0.3 is 14.8 Å². The van der Waals surface area contributed by atoms with Gasteiger partial charge in [-0.05, 0) is 86.1 Å². The molecule has 8 heteroatoms. The lowest BCUT2D eigenvalue weighted by Crippen LogP contribution is -2.15. The van der Waals surface area contributed by atoms with Crippen LogP contribution in [0.4, 0.5) is 5.69 Å². The Labute approximate surface area is 230 Å². The smallest absolute Gasteiger partial charge is 0.256 e. The maximum atomic E-state index is 13.3. The average molecular weight is 528 g/mol. The molecule has 0 aliphatic heterocycles. The quantitative estimate of drug-likeness (QED) is 0.206. The van der Waals surface area contributed by atoms with Crippen molar-refractivity contribution in [2.45, 2.75) is 60.0 Å². The number of ether oxygens (including phenoxy) is 2. The minimum Gasteiger partial charge on any atom is -0.491 e. The van der Waals surface area contributed by atoms with Gasteiger partial charge in [-0.25, -0.2) is 0 Å². The highest BCUT2D eigenvalue weighted by atomic mass is 16.5. The number of carbonyl (C=O) groups is 1. The summed E-state index contributed by atoms with van der Waals surface area (Å²) < 4.78 is 12.3. The van der Waals surface area contributed by atoms with Crippen molar-refractivity contribution in [3.8, 4) is 11.5 Å². The molecular formula is C31H37N5O3. The summed E-state index contributed by atoms with van der Waals surface area (Å²) in [7, 11) is 0. The molecule has 3 aromatic carbocycles. The highest BCUT2D eigenvalue weighted by Crippen LogP contribution is 2.30. The van der Waals surface area contributed by atoms with Crippen molar-refractivity contribution in [1.82, 2.24) is 20.6 Å². The lowest BCUT2D eigenvalue weighted by Gasteiger charge is -2.20. The van der Waals surface area contributed by atoms with Gasteiger partial charge in [0.25, 0.3) is 5.91 Å². The van der Waals surface area contributed by atoms with Gasteiger partial charge in [-0.15, -0.1) is 10.2 Å². The number of aromatic nitrogens is 4. The second-order valence-corrected chi connectivity index (χ2v) is 10.2. The SMILES string of the molecule is Cc1c(O[C@@H](C)c2ccc(CC(C)C)cc2)ccc(C(=O)Nc2ccccc2OCCCc2nn[nH]n2)c1C. The van der Waals surface area contributed by atoms with E-state index < -0.39 is 0 Å². The molecule has 0 fully saturated rings. The minimum absolute atomic E-state index is 0.111. The molecule has 2 N–H and O–H groups in total. The zero-order valence-corrected chi connectivity index (χ0v) is 23.3. The Morgan fingerprint density at radius 1 is 0.949 bits per heavy atom. The molecule has 1 heterocycles. The number of aryl methyl sites for hydroxylation is 1. The molecule has 0 bridgehead atoms. The van der Waals surface area contributed by atoms with Crippen LogP contribution in [0.15, 0.2) is 60.7 Å². The van der Waals surface area contributed by atoms with E-state index in [4.69, 9.17) is 9.47 Å². The van der Waals surface area contributed by atoms with E-state index in [1.807, 2.05) is 57.2 Å². The Morgan fingerprint density at radius 2 is 1.72 bits per heavy atom. The maximum Gasteiger partial charge on any atom is 0.256 e. The Kier molecular flexibility index (Phi) is 9.31. The molecule has 1 aromatic heterocycles. The van der Waals surface area contributed by atoms with Crippen LogP contribution in [0.25, 0.3) is 0 Å². The number of aromatic amines is 1. The minimum atomic E-state index is -0.196. The van der Waals surface area contributed by atoms with Crippen molar-refractivity contribution in [3.05, 3.63) is 94.3 Å². The van der Waals surface area contributed by atoms with Gasteiger partial charge in [0, 0.05) is 12.0 Å². The number of amides is 1. The molecule has 4 aromatic rings. The molecule has 0 saturated carbocycles. The zero-order valence-electron chi connectivity index (χ0n) is 23.3. The van der Waals surface area contributed by atoms with Crippen LogP contribution in [0.5, 0.6) is 11.5 Å². The van der Waals surface area contributed by atoms with E-state index in [-0.39, 0.29) is 12.0 Å². The number of hydrogen-bond donors (Lipinski definition) is 2. The second kappa shape index (κ2) is 13.0. The summed E-state index contributed by atoms with van der Waals surface area (Å²) in [5.41, 5.74) is 5.49. The topological polar surface area (TPSA) is 102 Å². The summed E-state index contributed by atoms with van der Waals surface area (Å²) in [5.74, 6) is 2.46. The van der Waals surface area contributed by atoms with Crippen LogP contribution in [-0.4, -0.2) is 33.1 Å². The van der Waals surface area contributed by atoms with Crippen molar-refractivity contribution < 1.29 is 14.3 Å². The van der Waals surface area contributed by atoms with Crippen LogP contribution in [-0.2, 0) is 12.8 Å². The van der Waals surface area contributed by atoms with Crippen LogP contribution in [0.1, 0.15) is 71.7 Å². The first kappa shape index (κ1) is 27.8. The molecule has 0 aliphatic carbocycles. The number of H-pyrrole nitrogens is 1. The largest absolute Gasteiger partial charge is 0.491 e. The Morgan fingerprint density at radius 3 is 2.44 bits per heavy atom. The summed E-state index contributed by atoms with van der Waals surface area (Å²) in [6.07, 6.45) is 2.33. The highest BCUT2D eigenvalue weighted by Gasteiger charge is 2.17. The fraction of sp³-hybridized carbons (Fsp3) is 0.355. The van der Waals surface area contributed by atoms with E-state index in [0.29, 0.717) is 41.8 Å². The molecule has 0 saturated heterocycles. The predicted octanol–water partition coefficient (Wildman–Crippen LogP) is 6.42. The number of nitrogens with one attached hydrogen (secondary N) is 2. The number of rotatable bonds is 12. The Bertz CT molecular complexity index is 1370. The van der Waals surface area contributed by atoms with E-state index in [1.54, 1.807) is 0 Å². The Balaban J connectivity index is 1.39. The molecular weight excluding hydrogens is 490 g/mol. The van der Waals surface area contributed by atoms with Gasteiger partial charge in [-0.2, -0.15) is 5.21 Å². The number of para-hydroxylation sites is 2. The van der Waals surface area contributed by atoms with Crippen molar-refractivity contribution in [3.63, 3.8) is 0 Å². The van der Waals surface area contributed by atoms with Gasteiger partial charge in [0.15, 0.2) is 5.82 Å². The van der Waals surface area contributed by atoms with Crippen LogP contribution >= 0.6 is 0 Å². The van der Waals surface area contributed by atoms with E-state index in [1.165, 1.54) is 5.56 Å². The standard InChI is InChI=1S/C31H37N5O3/c1-20(2)19-24-12-14-25(15-13-24)23(5)39-28-17-16-26(21(3)22(28)4)31(37)32-27-9-6-7-10-29(27)38-18-8-11-30-33-35-36-34-30/h6-7,9-10,12-17,20,23H,8,11,18-19H2,1-5H3,(H,32,37)(H,33,34,35,36)/t23-/m0/s1. The third kappa shape index (κ3) is 7.44. The van der Waals surface area contributed by atoms with Crippen LogP contribution in [0.2, 0.25) is 0 Å². The third-order valence-corrected chi connectivity index (χ3v) is 6.71. The molecule has 0 radical (unpaired) electrons. The van der Waals surface area contributed by atoms with Crippen molar-refractivity contribution in [1.29, 1.82) is 0 Å². The maximum absolute atomic E-state index is 13.3. The lowest BCUT2D eigenvalue weighted by atomic mass is 10.00. The normalized spacial score (nSPS) is 11.8. The molecule has 0 spiro atoms. The highest BCUT2D eigenvalue weighted by molar-refractivity contribution is 6.06. The number of benzene rings is 3. The summed E-state index contributed by atoms with van der Waals surface area (Å²) >= 11 is 0. The molecule has 39 heavy (non-hydrogen) atoms. The zero-order chi connectivity index (χ0) is 27.8. The van der Waals surface area contributed by atoms with Gasteiger partial charge in [0.05, 0.1) is 12.3 Å². The fourth-order valence-electron chi connectivity index (χ4n) is 4.41. The first-order valence-electron chi connectivity index (χ1n) is 13.4. The van der Waals surface area contributed by atoms with Crippen molar-refractivity contribution in [2.24, 2.45) is 5.92 Å². The second-order valence-electron chi connectivity index (χ2n) is 10.2. The summed E-state index contributed by atoms with van der Waals surface area (Å²) in [6.45, 7) is 10.9. The number of anilines is 1. The predicted molar refractivity (Wildman–Crippen MR) is 152 cm³/mol. The monoisotopic (exact) mass is 527 g/mol. The summed E-state index contributed by atoms with van der Waals surface area (Å²) in [5, 5.41) is 16.9. The molecule has 0 aliphatic rings. The molecule has 204 valence electrons. The molecule has 1 amide bonds. The van der Waals surface area contributed by atoms with E-state index in [0.717, 1.165) is 35.3 Å². The molecule has 8 nitrogen and oxygen atoms in total. The average Bonchev–Trinajstić information content (AvgIpc) is 3.44. The first-order valence-corrected chi connectivity index (χ1v) is 13.4. The van der Waals surface area contributed by atoms with Gasteiger partial charge in [0.2, 0.25) is 0 Å². The Hall–Kier alpha value is -4.20. The van der Waals surface area contributed by atoms with Crippen LogP contribution < -0.4 is 14.8 Å². The van der Waals surface area contributed by atoms with Crippen molar-refractivity contribution >= 4 is 11.6 Å². The van der Waals surface area contributed by atoms with E-state index in [9.17, 15) is 4.79 Å². The first-order chi connectivity index (χ1) is 18.8. The van der Waals surface area contributed by atoms with Crippen molar-refractivity contribution in [2.75, 3.05) is 11.9 Å². The van der Waals surface area contributed by atoms with E-state index in [2.05, 4.69) is 64.1 Å². The van der Waals surface area contributed by atoms with Gasteiger partial charge in [-0.3, -0.25) is 4.79 Å². The van der Waals surface area contributed by atoms with Gasteiger partial charge in [0.1, 0.15) is 17.6 Å². The van der Waals surface area contributed by atoms with Gasteiger partial charge >= 0.3 is 0 Å². The number of tetrazole rings is 1. The van der Waals surface area contributed by atoms with Gasteiger partial charge in [-0.1, -0.05) is 55.5 Å². The van der Waals surface area contributed by atoms with Crippen LogP contribution in [0, 0.1) is 19.8 Å². The molecule has 4 rings (SSSR count). The van der Waals surface area contributed by atoms with E-state index >= 15 is 0 Å². The number of carbonyl (C=O) groups excluding carboxylic acids is 1. The summed E-state index contributed by atoms with van der Waals surface area (Å²) in [4.78, 5) is 13.3. The number of hydrogen-bond acceptors (Lipinski definition) is 6. The fourth-order valence-corrected chi connectivity index (χ4v) is 4.41. The molecule has 1 atom stereocenters. The number of nitrogens with zero attached hydrogens (tertiary/aromatic N) is 3. The van der Waals surface area contributed by atoms with Crippen LogP contribution in [0.3, 0.4) is 0 Å². The lowest BCUT2D eigenvalue weighted by molar-refractivity contribution is 0.102.